The minimum absolute atomic E-state index is 0.680. The summed E-state index contributed by atoms with van der Waals surface area (Å²) in [6, 6.07) is 0.734. The lowest BCUT2D eigenvalue weighted by atomic mass is 10.1. The molecule has 0 amide bonds. The number of nitrogens with zero attached hydrogens (tertiary/aromatic N) is 3. The van der Waals surface area contributed by atoms with Crippen LogP contribution < -0.4 is 10.2 Å². The highest BCUT2D eigenvalue weighted by molar-refractivity contribution is 5.29. The van der Waals surface area contributed by atoms with Gasteiger partial charge in [0.15, 0.2) is 0 Å². The molecule has 1 atom stereocenters. The maximum atomic E-state index is 4.51. The molecule has 1 unspecified atom stereocenters. The third-order valence-electron chi connectivity index (χ3n) is 3.76. The molecule has 106 valence electrons. The zero-order chi connectivity index (χ0) is 13.7. The van der Waals surface area contributed by atoms with Crippen molar-refractivity contribution >= 4 is 5.95 Å². The maximum absolute atomic E-state index is 4.51. The molecule has 2 rings (SSSR count). The standard InChI is InChI=1S/C15H26N4/c1-4-12(3)11-19(5-2)15-17-9-13(10-18-15)8-16-14-6-7-14/h9-10,12,14,16H,4-8,11H2,1-3H3. The fraction of sp³-hybridized carbons (Fsp3) is 0.733. The van der Waals surface area contributed by atoms with Gasteiger partial charge in [0, 0.05) is 43.6 Å². The van der Waals surface area contributed by atoms with Crippen LogP contribution in [0.1, 0.15) is 45.6 Å². The van der Waals surface area contributed by atoms with E-state index in [4.69, 9.17) is 0 Å². The van der Waals surface area contributed by atoms with Crippen molar-refractivity contribution in [2.75, 3.05) is 18.0 Å². The van der Waals surface area contributed by atoms with Gasteiger partial charge in [-0.3, -0.25) is 0 Å². The van der Waals surface area contributed by atoms with E-state index in [1.165, 1.54) is 24.8 Å². The SMILES string of the molecule is CCC(C)CN(CC)c1ncc(CNC2CC2)cn1. The van der Waals surface area contributed by atoms with Crippen LogP contribution in [0, 0.1) is 5.92 Å². The van der Waals surface area contributed by atoms with Crippen LogP contribution in [0.5, 0.6) is 0 Å². The smallest absolute Gasteiger partial charge is 0.225 e. The number of anilines is 1. The molecule has 1 aromatic rings. The van der Waals surface area contributed by atoms with E-state index in [9.17, 15) is 0 Å². The van der Waals surface area contributed by atoms with Gasteiger partial charge >= 0.3 is 0 Å². The van der Waals surface area contributed by atoms with E-state index in [0.717, 1.165) is 31.6 Å². The van der Waals surface area contributed by atoms with Crippen molar-refractivity contribution in [3.63, 3.8) is 0 Å². The van der Waals surface area contributed by atoms with E-state index in [0.29, 0.717) is 5.92 Å². The second-order valence-electron chi connectivity index (χ2n) is 5.60. The molecule has 0 spiro atoms. The molecule has 0 bridgehead atoms. The van der Waals surface area contributed by atoms with Gasteiger partial charge in [-0.2, -0.15) is 0 Å². The quantitative estimate of drug-likeness (QED) is 0.782. The van der Waals surface area contributed by atoms with Gasteiger partial charge in [-0.05, 0) is 25.7 Å². The van der Waals surface area contributed by atoms with E-state index in [1.54, 1.807) is 0 Å². The largest absolute Gasteiger partial charge is 0.341 e. The summed E-state index contributed by atoms with van der Waals surface area (Å²) in [4.78, 5) is 11.3. The summed E-state index contributed by atoms with van der Waals surface area (Å²) in [5.74, 6) is 1.54. The molecule has 0 aliphatic heterocycles. The second kappa shape index (κ2) is 6.85. The predicted molar refractivity (Wildman–Crippen MR) is 79.2 cm³/mol. The van der Waals surface area contributed by atoms with Gasteiger partial charge in [-0.15, -0.1) is 0 Å². The predicted octanol–water partition coefficient (Wildman–Crippen LogP) is 2.60. The lowest BCUT2D eigenvalue weighted by Gasteiger charge is -2.23. The molecule has 19 heavy (non-hydrogen) atoms. The molecule has 0 radical (unpaired) electrons. The first-order chi connectivity index (χ1) is 9.22. The van der Waals surface area contributed by atoms with Crippen molar-refractivity contribution in [3.8, 4) is 0 Å². The lowest BCUT2D eigenvalue weighted by Crippen LogP contribution is -2.29. The number of aromatic nitrogens is 2. The molecule has 4 heteroatoms. The average Bonchev–Trinajstić information content (AvgIpc) is 3.27. The second-order valence-corrected chi connectivity index (χ2v) is 5.60. The van der Waals surface area contributed by atoms with Crippen molar-refractivity contribution < 1.29 is 0 Å². The van der Waals surface area contributed by atoms with E-state index < -0.39 is 0 Å². The summed E-state index contributed by atoms with van der Waals surface area (Å²) < 4.78 is 0. The fourth-order valence-corrected chi connectivity index (χ4v) is 2.01. The van der Waals surface area contributed by atoms with Crippen LogP contribution in [0.2, 0.25) is 0 Å². The number of nitrogens with one attached hydrogen (secondary N) is 1. The number of rotatable bonds is 8. The van der Waals surface area contributed by atoms with Gasteiger partial charge in [0.25, 0.3) is 0 Å². The molecule has 1 aromatic heterocycles. The van der Waals surface area contributed by atoms with Crippen molar-refractivity contribution in [2.45, 2.75) is 52.6 Å². The molecule has 4 nitrogen and oxygen atoms in total. The molecule has 1 aliphatic rings. The normalized spacial score (nSPS) is 16.4. The summed E-state index contributed by atoms with van der Waals surface area (Å²) in [5, 5.41) is 3.48. The first-order valence-electron chi connectivity index (χ1n) is 7.52. The van der Waals surface area contributed by atoms with Crippen molar-refractivity contribution in [3.05, 3.63) is 18.0 Å². The monoisotopic (exact) mass is 262 g/mol. The van der Waals surface area contributed by atoms with Gasteiger partial charge < -0.3 is 10.2 Å². The molecule has 0 aromatic carbocycles. The highest BCUT2D eigenvalue weighted by Crippen LogP contribution is 2.19. The Kier molecular flexibility index (Phi) is 5.14. The molecule has 1 fully saturated rings. The Bertz CT molecular complexity index is 372. The van der Waals surface area contributed by atoms with Crippen LogP contribution in [-0.4, -0.2) is 29.1 Å². The van der Waals surface area contributed by atoms with Gasteiger partial charge in [0.2, 0.25) is 5.95 Å². The third kappa shape index (κ3) is 4.46. The van der Waals surface area contributed by atoms with Crippen LogP contribution in [0.25, 0.3) is 0 Å². The van der Waals surface area contributed by atoms with Crippen LogP contribution in [0.15, 0.2) is 12.4 Å². The highest BCUT2D eigenvalue weighted by atomic mass is 15.2. The van der Waals surface area contributed by atoms with E-state index in [-0.39, 0.29) is 0 Å². The Morgan fingerprint density at radius 2 is 2.00 bits per heavy atom. The maximum Gasteiger partial charge on any atom is 0.225 e. The summed E-state index contributed by atoms with van der Waals surface area (Å²) in [6.45, 7) is 9.55. The Labute approximate surface area is 116 Å². The van der Waals surface area contributed by atoms with Gasteiger partial charge in [-0.25, -0.2) is 9.97 Å². The zero-order valence-corrected chi connectivity index (χ0v) is 12.4. The minimum atomic E-state index is 0.680. The molecule has 0 saturated heterocycles. The molecule has 1 heterocycles. The fourth-order valence-electron chi connectivity index (χ4n) is 2.01. The zero-order valence-electron chi connectivity index (χ0n) is 12.4. The average molecular weight is 262 g/mol. The van der Waals surface area contributed by atoms with Gasteiger partial charge in [0.1, 0.15) is 0 Å². The van der Waals surface area contributed by atoms with E-state index in [1.807, 2.05) is 12.4 Å². The minimum Gasteiger partial charge on any atom is -0.341 e. The van der Waals surface area contributed by atoms with Gasteiger partial charge in [0.05, 0.1) is 0 Å². The number of hydrogen-bond acceptors (Lipinski definition) is 4. The van der Waals surface area contributed by atoms with E-state index >= 15 is 0 Å². The first kappa shape index (κ1) is 14.3. The summed E-state index contributed by atoms with van der Waals surface area (Å²) >= 11 is 0. The van der Waals surface area contributed by atoms with Crippen molar-refractivity contribution in [1.82, 2.24) is 15.3 Å². The summed E-state index contributed by atoms with van der Waals surface area (Å²) in [6.07, 6.45) is 7.74. The van der Waals surface area contributed by atoms with Crippen LogP contribution in [0.3, 0.4) is 0 Å². The summed E-state index contributed by atoms with van der Waals surface area (Å²) in [5.41, 5.74) is 1.18. The first-order valence-corrected chi connectivity index (χ1v) is 7.52. The van der Waals surface area contributed by atoms with Crippen LogP contribution >= 0.6 is 0 Å². The Hall–Kier alpha value is -1.16. The summed E-state index contributed by atoms with van der Waals surface area (Å²) in [7, 11) is 0. The topological polar surface area (TPSA) is 41.1 Å². The molecular weight excluding hydrogens is 236 g/mol. The van der Waals surface area contributed by atoms with Crippen LogP contribution in [-0.2, 0) is 6.54 Å². The number of hydrogen-bond donors (Lipinski definition) is 1. The Morgan fingerprint density at radius 1 is 1.32 bits per heavy atom. The molecular formula is C15H26N4. The Morgan fingerprint density at radius 3 is 2.53 bits per heavy atom. The van der Waals surface area contributed by atoms with Gasteiger partial charge in [-0.1, -0.05) is 20.3 Å². The lowest BCUT2D eigenvalue weighted by molar-refractivity contribution is 0.542. The van der Waals surface area contributed by atoms with E-state index in [2.05, 4.69) is 41.0 Å². The molecule has 1 N–H and O–H groups in total. The third-order valence-corrected chi connectivity index (χ3v) is 3.76. The highest BCUT2D eigenvalue weighted by Gasteiger charge is 2.20. The molecule has 1 saturated carbocycles. The molecule has 1 aliphatic carbocycles. The van der Waals surface area contributed by atoms with Crippen molar-refractivity contribution in [2.24, 2.45) is 5.92 Å². The Balaban J connectivity index is 1.90. The van der Waals surface area contributed by atoms with Crippen molar-refractivity contribution in [1.29, 1.82) is 0 Å². The van der Waals surface area contributed by atoms with Crippen LogP contribution in [0.4, 0.5) is 5.95 Å².